The molecule has 4 aromatic carbocycles. The minimum atomic E-state index is -1.15. The van der Waals surface area contributed by atoms with Crippen molar-refractivity contribution < 1.29 is 57.5 Å². The van der Waals surface area contributed by atoms with Gasteiger partial charge in [0.15, 0.2) is 0 Å². The second-order valence-corrected chi connectivity index (χ2v) is 34.4. The van der Waals surface area contributed by atoms with Gasteiger partial charge in [0.05, 0.1) is 36.3 Å². The van der Waals surface area contributed by atoms with Crippen molar-refractivity contribution in [1.82, 2.24) is 78.5 Å². The number of hydrogen-bond acceptors (Lipinski definition) is 15. The molecule has 3 heterocycles. The summed E-state index contributed by atoms with van der Waals surface area (Å²) in [7, 11) is 4.87. The average Bonchev–Trinajstić information content (AvgIpc) is 1.62. The molecule has 3 aliphatic carbocycles. The number of nitrogens with one attached hydrogen (secondary N) is 12. The normalized spacial score (nSPS) is 22.7. The Bertz CT molecular complexity index is 3760. The van der Waals surface area contributed by atoms with E-state index in [0.717, 1.165) is 71.9 Å². The van der Waals surface area contributed by atoms with Crippen LogP contribution in [-0.4, -0.2) is 199 Å². The molecule has 0 bridgehead atoms. The van der Waals surface area contributed by atoms with Crippen molar-refractivity contribution in [3.8, 4) is 0 Å². The quantitative estimate of drug-likeness (QED) is 0.0380. The maximum Gasteiger partial charge on any atom is 0.251 e. The van der Waals surface area contributed by atoms with Gasteiger partial charge in [-0.3, -0.25) is 57.5 Å². The highest BCUT2D eigenvalue weighted by atomic mass is 35.5. The molecular weight excluding hydrogens is 1520 g/mol. The van der Waals surface area contributed by atoms with Crippen LogP contribution < -0.4 is 63.8 Å². The van der Waals surface area contributed by atoms with Crippen molar-refractivity contribution in [2.45, 2.75) is 251 Å². The average molecular weight is 1640 g/mol. The highest BCUT2D eigenvalue weighted by Crippen LogP contribution is 2.37. The van der Waals surface area contributed by atoms with Gasteiger partial charge in [-0.1, -0.05) is 135 Å². The minimum Gasteiger partial charge on any atom is -0.347 e. The summed E-state index contributed by atoms with van der Waals surface area (Å²) < 4.78 is 0. The topological polar surface area (TPSA) is 359 Å². The van der Waals surface area contributed by atoms with Crippen molar-refractivity contribution in [3.05, 3.63) is 141 Å². The van der Waals surface area contributed by atoms with Crippen molar-refractivity contribution in [2.24, 2.45) is 16.2 Å². The van der Waals surface area contributed by atoms with Crippen LogP contribution in [0.3, 0.4) is 0 Å². The number of benzene rings is 4. The zero-order chi connectivity index (χ0) is 80.7. The van der Waals surface area contributed by atoms with Crippen LogP contribution in [0.2, 0.25) is 0 Å². The van der Waals surface area contributed by atoms with E-state index in [0.29, 0.717) is 19.3 Å². The first kappa shape index (κ1) is 92.4. The highest BCUT2D eigenvalue weighted by Gasteiger charge is 2.50. The molecule has 0 spiro atoms. The largest absolute Gasteiger partial charge is 0.347 e. The summed E-state index contributed by atoms with van der Waals surface area (Å²) >= 11 is 0. The van der Waals surface area contributed by atoms with Gasteiger partial charge in [0.25, 0.3) is 17.7 Å². The third-order valence-corrected chi connectivity index (χ3v) is 23.1. The Morgan fingerprint density at radius 1 is 0.360 bits per heavy atom. The fourth-order valence-corrected chi connectivity index (χ4v) is 16.3. The predicted octanol–water partition coefficient (Wildman–Crippen LogP) is 6.05. The molecule has 4 aromatic rings. The number of nitrogens with zero attached hydrogens (tertiary/aromatic N) is 3. The zero-order valence-electron chi connectivity index (χ0n) is 68.4. The van der Waals surface area contributed by atoms with E-state index in [1.165, 1.54) is 32.9 Å². The van der Waals surface area contributed by atoms with Gasteiger partial charge in [0.1, 0.15) is 36.3 Å². The van der Waals surface area contributed by atoms with Gasteiger partial charge < -0.3 is 78.5 Å². The molecule has 15 atom stereocenters. The molecule has 12 amide bonds. The summed E-state index contributed by atoms with van der Waals surface area (Å²) in [5.74, 6) is -6.82. The molecule has 3 saturated heterocycles. The molecule has 0 aromatic heterocycles. The Morgan fingerprint density at radius 2 is 0.596 bits per heavy atom. The summed E-state index contributed by atoms with van der Waals surface area (Å²) in [5, 5.41) is 36.3. The number of likely N-dealkylation sites (tertiary alicyclic amines) is 3. The molecule has 3 fully saturated rings. The number of aryl methyl sites for hydroxylation is 3. The van der Waals surface area contributed by atoms with E-state index >= 15 is 28.8 Å². The minimum absolute atomic E-state index is 0. The van der Waals surface area contributed by atoms with Gasteiger partial charge in [-0.2, -0.15) is 0 Å². The first-order valence-electron chi connectivity index (χ1n) is 39.5. The standard InChI is InChI=1S/C84H117N15O12.3ClH/c1-46(85-13)70(100)94-67(82(4,5)6)79(109)97-43-55(40-64(97)76(106)91-61-34-22-28-49-25-16-19-31-58(49)61)88-73(103)52-37-53(74(104)89-56-41-65(77(107)92-62-35-23-29-50-26-17-20-32-59(50)62)98(44-56)80(110)68(83(7,8)9)95-71(101)47(2)86-14)39-54(38-52)75(105)90-57-42-66(78(108)93-63-36-24-30-51-27-18-21-33-60(51)63)99(45-57)81(111)69(84(10,11)12)96-72(102)48(3)87-15;;;/h16-21,25-27,31-33,37-39,46-48,55-57,61-69,85-87H,22-24,28-30,34-36,40-45H2,1-15H3,(H,88,103)(H,89,104)(H,90,105)(H,91,106)(H,92,107)(H,93,108)(H,94,100)(H,95,101)(H,96,102);3*1H/t46-,47-,48-,55-,56-,57-,61+,62+,63+,64-,65-,66-,67+,68+,69+;;;/m0.../s1. The SMILES string of the molecule is CN[C@@H](C)C(=O)N[C@H](C(=O)N1C[C@@H](NC(=O)c2cc(C(=O)N[C@H]3C[C@@H](C(=O)N[C@@H]4CCCc5ccccc54)N(C(=O)[C@@H](NC(=O)[C@H](C)NC)C(C)(C)C)C3)cc(C(=O)N[C@H]3C[C@@H](C(=O)N[C@@H]4CCCc5ccccc54)N(C(=O)[C@@H](NC(=O)[C@H](C)NC)C(C)(C)C)C3)c2)C[C@H]1C(=O)N[C@@H]1CCCc2ccccc21)C(C)(C)C.Cl.Cl.Cl. The lowest BCUT2D eigenvalue weighted by Crippen LogP contribution is -2.59. The van der Waals surface area contributed by atoms with Crippen LogP contribution in [0.4, 0.5) is 0 Å². The van der Waals surface area contributed by atoms with Crippen molar-refractivity contribution in [1.29, 1.82) is 0 Å². The second-order valence-electron chi connectivity index (χ2n) is 34.4. The molecule has 3 aliphatic heterocycles. The Kier molecular flexibility index (Phi) is 31.8. The summed E-state index contributed by atoms with van der Waals surface area (Å²) in [6.45, 7) is 20.6. The Hall–Kier alpha value is -8.73. The van der Waals surface area contributed by atoms with Gasteiger partial charge in [-0.05, 0) is 187 Å². The lowest BCUT2D eigenvalue weighted by atomic mass is 9.85. The first-order chi connectivity index (χ1) is 52.5. The Balaban J connectivity index is 0.00000600. The smallest absolute Gasteiger partial charge is 0.251 e. The monoisotopic (exact) mass is 1640 g/mol. The van der Waals surface area contributed by atoms with Gasteiger partial charge >= 0.3 is 0 Å². The van der Waals surface area contributed by atoms with E-state index in [1.807, 2.05) is 72.8 Å². The van der Waals surface area contributed by atoms with E-state index in [1.54, 1.807) is 104 Å². The van der Waals surface area contributed by atoms with Crippen molar-refractivity contribution >= 4 is 108 Å². The molecule has 10 rings (SSSR count). The predicted molar refractivity (Wildman–Crippen MR) is 443 cm³/mol. The third-order valence-electron chi connectivity index (χ3n) is 23.1. The molecule has 114 heavy (non-hydrogen) atoms. The van der Waals surface area contributed by atoms with Crippen molar-refractivity contribution in [2.75, 3.05) is 40.8 Å². The molecule has 6 aliphatic rings. The van der Waals surface area contributed by atoms with Crippen LogP contribution in [0.5, 0.6) is 0 Å². The fraction of sp³-hybridized carbons (Fsp3) is 0.571. The molecule has 12 N–H and O–H groups in total. The van der Waals surface area contributed by atoms with Crippen LogP contribution in [0.15, 0.2) is 91.0 Å². The number of carbonyl (C=O) groups excluding carboxylic acids is 12. The molecule has 27 nitrogen and oxygen atoms in total. The second kappa shape index (κ2) is 39.3. The number of carbonyl (C=O) groups is 12. The number of amides is 12. The highest BCUT2D eigenvalue weighted by molar-refractivity contribution is 6.06. The third kappa shape index (κ3) is 21.9. The maximum atomic E-state index is 15.4. The van der Waals surface area contributed by atoms with Crippen LogP contribution in [-0.2, 0) is 62.4 Å². The van der Waals surface area contributed by atoms with E-state index in [2.05, 4.69) is 63.8 Å². The number of halogens is 3. The van der Waals surface area contributed by atoms with Gasteiger partial charge in [-0.15, -0.1) is 37.2 Å². The van der Waals surface area contributed by atoms with E-state index < -0.39 is 160 Å². The zero-order valence-corrected chi connectivity index (χ0v) is 70.8. The number of hydrogen-bond donors (Lipinski definition) is 12. The van der Waals surface area contributed by atoms with Crippen molar-refractivity contribution in [3.63, 3.8) is 0 Å². The van der Waals surface area contributed by atoms with Gasteiger partial charge in [0.2, 0.25) is 53.2 Å². The first-order valence-corrected chi connectivity index (χ1v) is 39.5. The molecule has 0 unspecified atom stereocenters. The molecular formula is C84H120Cl3N15O12. The van der Waals surface area contributed by atoms with E-state index in [-0.39, 0.29) is 111 Å². The van der Waals surface area contributed by atoms with Crippen LogP contribution >= 0.6 is 37.2 Å². The summed E-state index contributed by atoms with van der Waals surface area (Å²) in [6, 6.07) is 14.7. The summed E-state index contributed by atoms with van der Waals surface area (Å²) in [5.41, 5.74) is 2.95. The van der Waals surface area contributed by atoms with Gasteiger partial charge in [0, 0.05) is 54.5 Å². The number of fused-ring (bicyclic) bond motifs is 3. The molecule has 624 valence electrons. The molecule has 30 heteroatoms. The number of likely N-dealkylation sites (N-methyl/N-ethyl adjacent to an activating group) is 3. The van der Waals surface area contributed by atoms with E-state index in [4.69, 9.17) is 0 Å². The lowest BCUT2D eigenvalue weighted by molar-refractivity contribution is -0.144. The summed E-state index contributed by atoms with van der Waals surface area (Å²) in [4.78, 5) is 182. The van der Waals surface area contributed by atoms with Gasteiger partial charge in [-0.25, -0.2) is 0 Å². The van der Waals surface area contributed by atoms with Crippen LogP contribution in [0.25, 0.3) is 0 Å². The Labute approximate surface area is 689 Å². The summed E-state index contributed by atoms with van der Waals surface area (Å²) in [6.07, 6.45) is 6.57. The fourth-order valence-electron chi connectivity index (χ4n) is 16.3. The molecule has 0 saturated carbocycles. The molecule has 0 radical (unpaired) electrons. The van der Waals surface area contributed by atoms with E-state index in [9.17, 15) is 28.8 Å². The van der Waals surface area contributed by atoms with Crippen LogP contribution in [0.1, 0.15) is 223 Å². The van der Waals surface area contributed by atoms with Crippen LogP contribution in [0, 0.1) is 16.2 Å². The maximum absolute atomic E-state index is 15.4. The Morgan fingerprint density at radius 3 is 0.825 bits per heavy atom. The lowest BCUT2D eigenvalue weighted by Gasteiger charge is -2.36. The number of rotatable bonds is 24.